The van der Waals surface area contributed by atoms with Gasteiger partial charge in [0.1, 0.15) is 0 Å². The van der Waals surface area contributed by atoms with E-state index in [-0.39, 0.29) is 0 Å². The number of nitrogens with two attached hydrogens (primary N) is 1. The zero-order chi connectivity index (χ0) is 10.9. The standard InChI is InChI=1S/C5H3F3N4O2/c6-5(7,8)4-10-2(9)1(12-14)3(13)11-4/h(H3,9,10,11,13). The molecule has 6 nitrogen and oxygen atoms in total. The number of aromatic amines is 1. The van der Waals surface area contributed by atoms with Crippen LogP contribution in [-0.4, -0.2) is 9.97 Å². The summed E-state index contributed by atoms with van der Waals surface area (Å²) in [4.78, 5) is 24.8. The van der Waals surface area contributed by atoms with E-state index in [1.807, 2.05) is 0 Å². The van der Waals surface area contributed by atoms with E-state index in [1.54, 1.807) is 0 Å². The number of anilines is 1. The quantitative estimate of drug-likeness (QED) is 0.665. The van der Waals surface area contributed by atoms with Crippen molar-refractivity contribution in [2.45, 2.75) is 6.18 Å². The molecule has 9 heteroatoms. The molecule has 1 aromatic rings. The van der Waals surface area contributed by atoms with Crippen LogP contribution in [0.1, 0.15) is 5.82 Å². The number of nitrogen functional groups attached to an aromatic ring is 1. The van der Waals surface area contributed by atoms with Crippen LogP contribution in [0.15, 0.2) is 9.97 Å². The number of nitroso groups, excluding NO2 is 1. The summed E-state index contributed by atoms with van der Waals surface area (Å²) in [5.74, 6) is -2.41. The third-order valence-corrected chi connectivity index (χ3v) is 1.28. The topological polar surface area (TPSA) is 101 Å². The van der Waals surface area contributed by atoms with Gasteiger partial charge in [0.15, 0.2) is 5.82 Å². The van der Waals surface area contributed by atoms with Crippen molar-refractivity contribution >= 4 is 11.5 Å². The maximum Gasteiger partial charge on any atom is 0.449 e. The average molecular weight is 208 g/mol. The van der Waals surface area contributed by atoms with E-state index < -0.39 is 29.1 Å². The highest BCUT2D eigenvalue weighted by Gasteiger charge is 2.35. The first-order valence-corrected chi connectivity index (χ1v) is 3.16. The lowest BCUT2D eigenvalue weighted by Crippen LogP contribution is -2.20. The van der Waals surface area contributed by atoms with Crippen molar-refractivity contribution in [2.24, 2.45) is 5.18 Å². The Morgan fingerprint density at radius 2 is 2.00 bits per heavy atom. The molecule has 0 atom stereocenters. The molecule has 0 aliphatic rings. The Bertz CT molecular complexity index is 424. The van der Waals surface area contributed by atoms with Crippen LogP contribution in [0.5, 0.6) is 0 Å². The van der Waals surface area contributed by atoms with Crippen molar-refractivity contribution in [3.8, 4) is 0 Å². The summed E-state index contributed by atoms with van der Waals surface area (Å²) in [6.45, 7) is 0. The number of hydrogen-bond donors (Lipinski definition) is 2. The molecular weight excluding hydrogens is 205 g/mol. The lowest BCUT2D eigenvalue weighted by molar-refractivity contribution is -0.145. The molecule has 0 aliphatic carbocycles. The smallest absolute Gasteiger partial charge is 0.382 e. The summed E-state index contributed by atoms with van der Waals surface area (Å²) in [6, 6.07) is 0. The highest BCUT2D eigenvalue weighted by Crippen LogP contribution is 2.26. The zero-order valence-corrected chi connectivity index (χ0v) is 6.42. The Morgan fingerprint density at radius 1 is 1.43 bits per heavy atom. The van der Waals surface area contributed by atoms with Gasteiger partial charge in [-0.1, -0.05) is 0 Å². The van der Waals surface area contributed by atoms with Crippen LogP contribution >= 0.6 is 0 Å². The number of H-pyrrole nitrogens is 1. The van der Waals surface area contributed by atoms with Gasteiger partial charge < -0.3 is 10.7 Å². The molecule has 0 spiro atoms. The highest BCUT2D eigenvalue weighted by atomic mass is 19.4. The van der Waals surface area contributed by atoms with Gasteiger partial charge >= 0.3 is 6.18 Å². The number of rotatable bonds is 1. The predicted molar refractivity (Wildman–Crippen MR) is 39.7 cm³/mol. The minimum absolute atomic E-state index is 0.851. The van der Waals surface area contributed by atoms with Crippen molar-refractivity contribution in [1.29, 1.82) is 0 Å². The Kier molecular flexibility index (Phi) is 2.24. The fourth-order valence-corrected chi connectivity index (χ4v) is 0.707. The van der Waals surface area contributed by atoms with Crippen LogP contribution in [0.2, 0.25) is 0 Å². The second kappa shape index (κ2) is 3.09. The fourth-order valence-electron chi connectivity index (χ4n) is 0.707. The Labute approximate surface area is 73.9 Å². The second-order valence-corrected chi connectivity index (χ2v) is 2.24. The van der Waals surface area contributed by atoms with Crippen LogP contribution in [0.4, 0.5) is 24.7 Å². The van der Waals surface area contributed by atoms with Gasteiger partial charge in [0.25, 0.3) is 5.56 Å². The Balaban J connectivity index is 3.43. The molecule has 0 amide bonds. The summed E-state index contributed by atoms with van der Waals surface area (Å²) in [5.41, 5.74) is 2.72. The van der Waals surface area contributed by atoms with Crippen LogP contribution in [0.25, 0.3) is 0 Å². The third-order valence-electron chi connectivity index (χ3n) is 1.28. The van der Waals surface area contributed by atoms with Gasteiger partial charge in [0.2, 0.25) is 11.5 Å². The number of nitrogens with one attached hydrogen (secondary N) is 1. The number of alkyl halides is 3. The molecule has 0 bridgehead atoms. The molecule has 0 aliphatic heterocycles. The normalized spacial score (nSPS) is 11.4. The van der Waals surface area contributed by atoms with Gasteiger partial charge in [0.05, 0.1) is 0 Å². The average Bonchev–Trinajstić information content (AvgIpc) is 2.01. The number of nitrogens with zero attached hydrogens (tertiary/aromatic N) is 2. The van der Waals surface area contributed by atoms with E-state index in [4.69, 9.17) is 5.73 Å². The molecule has 76 valence electrons. The molecule has 0 radical (unpaired) electrons. The highest BCUT2D eigenvalue weighted by molar-refractivity contribution is 5.55. The lowest BCUT2D eigenvalue weighted by Gasteiger charge is -2.05. The van der Waals surface area contributed by atoms with Crippen molar-refractivity contribution in [3.05, 3.63) is 21.1 Å². The minimum atomic E-state index is -4.82. The summed E-state index contributed by atoms with van der Waals surface area (Å²) < 4.78 is 36.0. The first kappa shape index (κ1) is 10.2. The molecule has 0 saturated carbocycles. The Morgan fingerprint density at radius 3 is 2.36 bits per heavy atom. The summed E-state index contributed by atoms with van der Waals surface area (Å²) >= 11 is 0. The van der Waals surface area contributed by atoms with Crippen molar-refractivity contribution in [2.75, 3.05) is 5.73 Å². The summed E-state index contributed by atoms with van der Waals surface area (Å²) in [5, 5.41) is 2.14. The predicted octanol–water partition coefficient (Wildman–Crippen LogP) is 0.769. The second-order valence-electron chi connectivity index (χ2n) is 2.24. The minimum Gasteiger partial charge on any atom is -0.382 e. The van der Waals surface area contributed by atoms with Crippen LogP contribution in [0, 0.1) is 4.91 Å². The Hall–Kier alpha value is -1.93. The molecule has 1 heterocycles. The largest absolute Gasteiger partial charge is 0.449 e. The molecule has 3 N–H and O–H groups in total. The number of aromatic nitrogens is 2. The first-order chi connectivity index (χ1) is 6.36. The van der Waals surface area contributed by atoms with Crippen molar-refractivity contribution < 1.29 is 13.2 Å². The molecule has 0 saturated heterocycles. The number of halogens is 3. The van der Waals surface area contributed by atoms with Gasteiger partial charge in [-0.05, 0) is 5.18 Å². The van der Waals surface area contributed by atoms with E-state index >= 15 is 0 Å². The SMILES string of the molecule is Nc1nc(C(F)(F)F)[nH]c(=O)c1N=O. The van der Waals surface area contributed by atoms with Crippen LogP contribution in [0.3, 0.4) is 0 Å². The van der Waals surface area contributed by atoms with Gasteiger partial charge in [-0.2, -0.15) is 13.2 Å². The van der Waals surface area contributed by atoms with Gasteiger partial charge in [-0.3, -0.25) is 4.79 Å². The third kappa shape index (κ3) is 1.70. The van der Waals surface area contributed by atoms with Crippen LogP contribution < -0.4 is 11.3 Å². The summed E-state index contributed by atoms with van der Waals surface area (Å²) in [7, 11) is 0. The molecular formula is C5H3F3N4O2. The fraction of sp³-hybridized carbons (Fsp3) is 0.200. The maximum absolute atomic E-state index is 12.0. The molecule has 14 heavy (non-hydrogen) atoms. The molecule has 0 unspecified atom stereocenters. The van der Waals surface area contributed by atoms with Crippen LogP contribution in [-0.2, 0) is 6.18 Å². The number of hydrogen-bond acceptors (Lipinski definition) is 5. The van der Waals surface area contributed by atoms with Gasteiger partial charge in [0, 0.05) is 0 Å². The molecule has 1 rings (SSSR count). The van der Waals surface area contributed by atoms with Gasteiger partial charge in [-0.15, -0.1) is 4.91 Å². The van der Waals surface area contributed by atoms with Crippen molar-refractivity contribution in [1.82, 2.24) is 9.97 Å². The first-order valence-electron chi connectivity index (χ1n) is 3.16. The molecule has 0 aromatic carbocycles. The molecule has 1 aromatic heterocycles. The van der Waals surface area contributed by atoms with Gasteiger partial charge in [-0.25, -0.2) is 4.98 Å². The van der Waals surface area contributed by atoms with E-state index in [9.17, 15) is 22.9 Å². The maximum atomic E-state index is 12.0. The van der Waals surface area contributed by atoms with E-state index in [1.165, 1.54) is 4.98 Å². The lowest BCUT2D eigenvalue weighted by atomic mass is 10.4. The van der Waals surface area contributed by atoms with Crippen molar-refractivity contribution in [3.63, 3.8) is 0 Å². The summed E-state index contributed by atoms with van der Waals surface area (Å²) in [6.07, 6.45) is -4.82. The molecule has 0 fully saturated rings. The van der Waals surface area contributed by atoms with E-state index in [0.717, 1.165) is 0 Å². The monoisotopic (exact) mass is 208 g/mol. The van der Waals surface area contributed by atoms with E-state index in [0.29, 0.717) is 0 Å². The zero-order valence-electron chi connectivity index (χ0n) is 6.42. The van der Waals surface area contributed by atoms with E-state index in [2.05, 4.69) is 10.2 Å².